The first kappa shape index (κ1) is 12.3. The molecule has 76 valence electrons. The lowest BCUT2D eigenvalue weighted by Gasteiger charge is -2.22. The molecule has 0 aromatic heterocycles. The molecule has 2 nitrogen and oxygen atoms in total. The Morgan fingerprint density at radius 2 is 2.08 bits per heavy atom. The SMILES string of the molecule is C=CCOC(=O)C(C)(Cl)C(F)(F)F. The highest BCUT2D eigenvalue weighted by atomic mass is 35.5. The minimum Gasteiger partial charge on any atom is -0.460 e. The van der Waals surface area contributed by atoms with Crippen LogP contribution in [0.1, 0.15) is 6.92 Å². The van der Waals surface area contributed by atoms with Crippen LogP contribution < -0.4 is 0 Å². The van der Waals surface area contributed by atoms with Gasteiger partial charge in [0.15, 0.2) is 0 Å². The molecule has 0 saturated carbocycles. The van der Waals surface area contributed by atoms with Gasteiger partial charge in [-0.3, -0.25) is 0 Å². The van der Waals surface area contributed by atoms with Crippen molar-refractivity contribution < 1.29 is 22.7 Å². The van der Waals surface area contributed by atoms with Crippen LogP contribution in [0.3, 0.4) is 0 Å². The number of halogens is 4. The second kappa shape index (κ2) is 4.00. The van der Waals surface area contributed by atoms with Crippen LogP contribution in [0.2, 0.25) is 0 Å². The van der Waals surface area contributed by atoms with Crippen LogP contribution in [0.15, 0.2) is 12.7 Å². The van der Waals surface area contributed by atoms with Gasteiger partial charge in [0.25, 0.3) is 0 Å². The molecular formula is C7H8ClF3O2. The standard InChI is InChI=1S/C7H8ClF3O2/c1-3-4-13-5(12)6(2,8)7(9,10)11/h3H,1,4H2,2H3. The van der Waals surface area contributed by atoms with E-state index in [1.54, 1.807) is 0 Å². The average Bonchev–Trinajstić information content (AvgIpc) is 1.97. The Hall–Kier alpha value is -0.710. The summed E-state index contributed by atoms with van der Waals surface area (Å²) in [5, 5.41) is 0. The molecule has 0 N–H and O–H groups in total. The molecule has 13 heavy (non-hydrogen) atoms. The Morgan fingerprint density at radius 1 is 1.62 bits per heavy atom. The molecular weight excluding hydrogens is 209 g/mol. The van der Waals surface area contributed by atoms with Crippen LogP contribution in [0.4, 0.5) is 13.2 Å². The summed E-state index contributed by atoms with van der Waals surface area (Å²) < 4.78 is 40.3. The molecule has 0 rings (SSSR count). The molecule has 0 bridgehead atoms. The predicted molar refractivity (Wildman–Crippen MR) is 41.5 cm³/mol. The van der Waals surface area contributed by atoms with Crippen LogP contribution in [-0.4, -0.2) is 23.6 Å². The van der Waals surface area contributed by atoms with Crippen LogP contribution in [0, 0.1) is 0 Å². The summed E-state index contributed by atoms with van der Waals surface area (Å²) >= 11 is 4.96. The van der Waals surface area contributed by atoms with Crippen LogP contribution in [0.5, 0.6) is 0 Å². The third kappa shape index (κ3) is 2.91. The van der Waals surface area contributed by atoms with Gasteiger partial charge >= 0.3 is 12.1 Å². The van der Waals surface area contributed by atoms with E-state index in [0.29, 0.717) is 6.92 Å². The number of ether oxygens (including phenoxy) is 1. The van der Waals surface area contributed by atoms with Crippen molar-refractivity contribution in [2.75, 3.05) is 6.61 Å². The van der Waals surface area contributed by atoms with Gasteiger partial charge < -0.3 is 4.74 Å². The van der Waals surface area contributed by atoms with E-state index in [0.717, 1.165) is 6.08 Å². The Morgan fingerprint density at radius 3 is 2.38 bits per heavy atom. The molecule has 0 heterocycles. The van der Waals surface area contributed by atoms with Crippen molar-refractivity contribution in [3.63, 3.8) is 0 Å². The smallest absolute Gasteiger partial charge is 0.418 e. The highest BCUT2D eigenvalue weighted by Crippen LogP contribution is 2.36. The van der Waals surface area contributed by atoms with E-state index in [4.69, 9.17) is 11.6 Å². The molecule has 0 aliphatic rings. The van der Waals surface area contributed by atoms with Crippen LogP contribution >= 0.6 is 11.6 Å². The van der Waals surface area contributed by atoms with Gasteiger partial charge in [0, 0.05) is 0 Å². The largest absolute Gasteiger partial charge is 0.460 e. The molecule has 0 fully saturated rings. The molecule has 0 aromatic rings. The van der Waals surface area contributed by atoms with E-state index in [1.165, 1.54) is 0 Å². The minimum atomic E-state index is -4.83. The van der Waals surface area contributed by atoms with Crippen molar-refractivity contribution in [3.05, 3.63) is 12.7 Å². The molecule has 6 heteroatoms. The highest BCUT2D eigenvalue weighted by molar-refractivity contribution is 6.34. The van der Waals surface area contributed by atoms with Crippen molar-refractivity contribution in [1.29, 1.82) is 0 Å². The number of carbonyl (C=O) groups is 1. The van der Waals surface area contributed by atoms with E-state index in [9.17, 15) is 18.0 Å². The zero-order chi connectivity index (χ0) is 10.7. The summed E-state index contributed by atoms with van der Waals surface area (Å²) in [6, 6.07) is 0. The minimum absolute atomic E-state index is 0.294. The van der Waals surface area contributed by atoms with Gasteiger partial charge in [-0.25, -0.2) is 4.79 Å². The molecule has 0 spiro atoms. The second-order valence-corrected chi connectivity index (χ2v) is 3.14. The van der Waals surface area contributed by atoms with Crippen molar-refractivity contribution in [2.24, 2.45) is 0 Å². The Labute approximate surface area is 78.3 Å². The summed E-state index contributed by atoms with van der Waals surface area (Å²) in [5.41, 5.74) is 0. The lowest BCUT2D eigenvalue weighted by molar-refractivity contribution is -0.185. The zero-order valence-electron chi connectivity index (χ0n) is 6.82. The van der Waals surface area contributed by atoms with E-state index in [1.807, 2.05) is 0 Å². The highest BCUT2D eigenvalue weighted by Gasteiger charge is 2.56. The third-order valence-corrected chi connectivity index (χ3v) is 1.62. The maximum atomic E-state index is 12.1. The third-order valence-electron chi connectivity index (χ3n) is 1.25. The lowest BCUT2D eigenvalue weighted by Crippen LogP contribution is -2.45. The number of alkyl halides is 4. The lowest BCUT2D eigenvalue weighted by atomic mass is 10.1. The zero-order valence-corrected chi connectivity index (χ0v) is 7.58. The van der Waals surface area contributed by atoms with E-state index >= 15 is 0 Å². The molecule has 0 saturated heterocycles. The second-order valence-electron chi connectivity index (χ2n) is 2.39. The van der Waals surface area contributed by atoms with E-state index < -0.39 is 17.0 Å². The number of esters is 1. The first-order valence-electron chi connectivity index (χ1n) is 3.27. The van der Waals surface area contributed by atoms with Gasteiger partial charge in [-0.1, -0.05) is 24.3 Å². The van der Waals surface area contributed by atoms with Crippen molar-refractivity contribution in [2.45, 2.75) is 18.0 Å². The quantitative estimate of drug-likeness (QED) is 0.411. The maximum Gasteiger partial charge on any atom is 0.418 e. The Kier molecular flexibility index (Phi) is 3.78. The van der Waals surface area contributed by atoms with Crippen LogP contribution in [-0.2, 0) is 9.53 Å². The number of rotatable bonds is 3. The molecule has 0 amide bonds. The van der Waals surface area contributed by atoms with Gasteiger partial charge in [0.1, 0.15) is 6.61 Å². The fourth-order valence-electron chi connectivity index (χ4n) is 0.386. The number of hydrogen-bond donors (Lipinski definition) is 0. The summed E-state index contributed by atoms with van der Waals surface area (Å²) in [6.45, 7) is 3.42. The fraction of sp³-hybridized carbons (Fsp3) is 0.571. The van der Waals surface area contributed by atoms with Crippen molar-refractivity contribution >= 4 is 17.6 Å². The van der Waals surface area contributed by atoms with Crippen molar-refractivity contribution in [1.82, 2.24) is 0 Å². The molecule has 0 radical (unpaired) electrons. The summed E-state index contributed by atoms with van der Waals surface area (Å²) in [5.74, 6) is -1.53. The molecule has 0 aliphatic carbocycles. The molecule has 0 aromatic carbocycles. The summed E-state index contributed by atoms with van der Waals surface area (Å²) in [7, 11) is 0. The topological polar surface area (TPSA) is 26.3 Å². The number of hydrogen-bond acceptors (Lipinski definition) is 2. The maximum absolute atomic E-state index is 12.1. The molecule has 1 unspecified atom stereocenters. The molecule has 0 aliphatic heterocycles. The summed E-state index contributed by atoms with van der Waals surface area (Å²) in [4.78, 5) is 7.76. The average molecular weight is 217 g/mol. The van der Waals surface area contributed by atoms with Gasteiger partial charge in [-0.05, 0) is 6.92 Å². The Bertz CT molecular complexity index is 210. The monoisotopic (exact) mass is 216 g/mol. The van der Waals surface area contributed by atoms with Gasteiger partial charge in [0.2, 0.25) is 4.87 Å². The normalized spacial score (nSPS) is 16.1. The first-order chi connectivity index (χ1) is 5.73. The van der Waals surface area contributed by atoms with Gasteiger partial charge in [-0.15, -0.1) is 0 Å². The van der Waals surface area contributed by atoms with E-state index in [2.05, 4.69) is 11.3 Å². The van der Waals surface area contributed by atoms with E-state index in [-0.39, 0.29) is 6.61 Å². The predicted octanol–water partition coefficient (Wildman–Crippen LogP) is 2.28. The van der Waals surface area contributed by atoms with Gasteiger partial charge in [-0.2, -0.15) is 13.2 Å². The summed E-state index contributed by atoms with van der Waals surface area (Å²) in [6.07, 6.45) is -3.67. The van der Waals surface area contributed by atoms with Crippen LogP contribution in [0.25, 0.3) is 0 Å². The van der Waals surface area contributed by atoms with Crippen molar-refractivity contribution in [3.8, 4) is 0 Å². The molecule has 1 atom stereocenters. The Balaban J connectivity index is 4.45. The first-order valence-corrected chi connectivity index (χ1v) is 3.65. The number of carbonyl (C=O) groups excluding carboxylic acids is 1. The fourth-order valence-corrected chi connectivity index (χ4v) is 0.440. The van der Waals surface area contributed by atoms with Gasteiger partial charge in [0.05, 0.1) is 0 Å².